The lowest BCUT2D eigenvalue weighted by Crippen LogP contribution is -2.71. The van der Waals surface area contributed by atoms with E-state index in [2.05, 4.69) is 25.7 Å². The predicted octanol–water partition coefficient (Wildman–Crippen LogP) is 2.91. The SMILES string of the molecule is Cl.Cl.NNC(=O)CON=C(C(=O)NC1C(=O)N2C(C(=O)OC(c3ccccc3)c3ccccc3)=C(CSc3nncs3)CS[C@@H]12)c1csc(N)n1. The van der Waals surface area contributed by atoms with E-state index in [4.69, 9.17) is 21.2 Å². The number of amides is 3. The Morgan fingerprint density at radius 1 is 1.06 bits per heavy atom. The minimum atomic E-state index is -1.02. The number of β-lactam (4-membered cyclic amide) rings is 1. The summed E-state index contributed by atoms with van der Waals surface area (Å²) in [6.07, 6.45) is -0.745. The maximum Gasteiger partial charge on any atom is 0.356 e. The summed E-state index contributed by atoms with van der Waals surface area (Å²) in [6.45, 7) is -0.567. The summed E-state index contributed by atoms with van der Waals surface area (Å²) < 4.78 is 6.91. The van der Waals surface area contributed by atoms with Gasteiger partial charge in [0.15, 0.2) is 27.9 Å². The number of ether oxygens (including phenoxy) is 1. The average molecular weight is 811 g/mol. The van der Waals surface area contributed by atoms with Crippen molar-refractivity contribution in [2.45, 2.75) is 21.9 Å². The van der Waals surface area contributed by atoms with E-state index < -0.39 is 47.8 Å². The Kier molecular flexibility index (Phi) is 14.2. The molecule has 4 aromatic rings. The molecule has 268 valence electrons. The number of nitrogens with zero attached hydrogens (tertiary/aromatic N) is 5. The van der Waals surface area contributed by atoms with Crippen LogP contribution < -0.4 is 22.3 Å². The summed E-state index contributed by atoms with van der Waals surface area (Å²) in [7, 11) is 0. The maximum absolute atomic E-state index is 14.2. The predicted molar refractivity (Wildman–Crippen MR) is 199 cm³/mol. The number of aromatic nitrogens is 3. The van der Waals surface area contributed by atoms with Crippen molar-refractivity contribution in [1.82, 2.24) is 30.8 Å². The second-order valence-electron chi connectivity index (χ2n) is 10.3. The van der Waals surface area contributed by atoms with Gasteiger partial charge in [-0.2, -0.15) is 0 Å². The normalized spacial score (nSPS) is 16.6. The molecule has 0 bridgehead atoms. The fraction of sp³-hybridized carbons (Fsp3) is 0.200. The van der Waals surface area contributed by atoms with E-state index in [9.17, 15) is 19.2 Å². The van der Waals surface area contributed by atoms with Crippen LogP contribution in [0.25, 0.3) is 0 Å². The molecule has 0 radical (unpaired) electrons. The molecule has 3 amide bonds. The number of anilines is 1. The number of carbonyl (C=O) groups excluding carboxylic acids is 4. The third kappa shape index (κ3) is 9.17. The first-order chi connectivity index (χ1) is 23.8. The van der Waals surface area contributed by atoms with Crippen molar-refractivity contribution < 1.29 is 28.8 Å². The van der Waals surface area contributed by atoms with Crippen LogP contribution in [0.3, 0.4) is 0 Å². The van der Waals surface area contributed by atoms with Crippen molar-refractivity contribution in [2.75, 3.05) is 23.8 Å². The zero-order chi connectivity index (χ0) is 34.3. The second-order valence-corrected chi connectivity index (χ2v) is 14.3. The van der Waals surface area contributed by atoms with E-state index in [1.54, 1.807) is 5.51 Å². The quantitative estimate of drug-likeness (QED) is 0.0291. The fourth-order valence-electron chi connectivity index (χ4n) is 4.91. The van der Waals surface area contributed by atoms with Crippen molar-refractivity contribution in [3.8, 4) is 0 Å². The number of esters is 1. The van der Waals surface area contributed by atoms with Crippen molar-refractivity contribution in [1.29, 1.82) is 0 Å². The van der Waals surface area contributed by atoms with Crippen molar-refractivity contribution in [2.24, 2.45) is 11.0 Å². The van der Waals surface area contributed by atoms with Crippen LogP contribution in [0.5, 0.6) is 0 Å². The number of rotatable bonds is 13. The van der Waals surface area contributed by atoms with E-state index >= 15 is 0 Å². The first-order valence-electron chi connectivity index (χ1n) is 14.4. The molecular formula is C30H29Cl2N9O6S4. The van der Waals surface area contributed by atoms with Crippen LogP contribution in [-0.4, -0.2) is 79.0 Å². The number of oxime groups is 1. The van der Waals surface area contributed by atoms with Gasteiger partial charge in [-0.15, -0.1) is 58.1 Å². The van der Waals surface area contributed by atoms with Gasteiger partial charge >= 0.3 is 5.97 Å². The number of thioether (sulfide) groups is 2. The molecule has 1 unspecified atom stereocenters. The molecule has 1 saturated heterocycles. The van der Waals surface area contributed by atoms with Gasteiger partial charge in [0.25, 0.3) is 17.7 Å². The minimum absolute atomic E-state index is 0. The van der Waals surface area contributed by atoms with Gasteiger partial charge in [0, 0.05) is 16.9 Å². The highest BCUT2D eigenvalue weighted by Crippen LogP contribution is 2.43. The molecule has 0 spiro atoms. The Morgan fingerprint density at radius 2 is 1.75 bits per heavy atom. The first kappa shape index (κ1) is 39.5. The summed E-state index contributed by atoms with van der Waals surface area (Å²) in [5, 5.41) is 15.4. The number of hydrazine groups is 1. The number of carbonyl (C=O) groups is 4. The Morgan fingerprint density at radius 3 is 2.33 bits per heavy atom. The summed E-state index contributed by atoms with van der Waals surface area (Å²) in [4.78, 5) is 63.5. The number of nitrogens with one attached hydrogen (secondary N) is 2. The van der Waals surface area contributed by atoms with E-state index in [0.717, 1.165) is 22.5 Å². The van der Waals surface area contributed by atoms with E-state index in [-0.39, 0.29) is 47.0 Å². The molecule has 2 aromatic heterocycles. The Balaban J connectivity index is 0.00000292. The largest absolute Gasteiger partial charge is 0.448 e. The highest BCUT2D eigenvalue weighted by atomic mass is 35.5. The summed E-state index contributed by atoms with van der Waals surface area (Å²) in [6, 6.07) is 17.6. The molecule has 6 rings (SSSR count). The van der Waals surface area contributed by atoms with Gasteiger partial charge in [0.2, 0.25) is 0 Å². The van der Waals surface area contributed by atoms with Crippen LogP contribution in [-0.2, 0) is 28.8 Å². The summed E-state index contributed by atoms with van der Waals surface area (Å²) >= 11 is 5.22. The minimum Gasteiger partial charge on any atom is -0.448 e. The zero-order valence-electron chi connectivity index (χ0n) is 26.1. The van der Waals surface area contributed by atoms with Gasteiger partial charge in [0.05, 0.1) is 0 Å². The van der Waals surface area contributed by atoms with Gasteiger partial charge in [0.1, 0.15) is 28.3 Å². The molecule has 2 aliphatic heterocycles. The molecule has 21 heteroatoms. The molecular weight excluding hydrogens is 782 g/mol. The second kappa shape index (κ2) is 18.3. The molecule has 0 saturated carbocycles. The van der Waals surface area contributed by atoms with Crippen LogP contribution in [0.1, 0.15) is 22.9 Å². The van der Waals surface area contributed by atoms with Gasteiger partial charge < -0.3 is 20.6 Å². The lowest BCUT2D eigenvalue weighted by molar-refractivity contribution is -0.154. The lowest BCUT2D eigenvalue weighted by atomic mass is 10.0. The average Bonchev–Trinajstić information content (AvgIpc) is 3.82. The number of nitrogens with two attached hydrogens (primary N) is 2. The molecule has 6 N–H and O–H groups in total. The molecule has 2 aromatic carbocycles. The van der Waals surface area contributed by atoms with E-state index in [1.165, 1.54) is 45.1 Å². The number of halogens is 2. The van der Waals surface area contributed by atoms with Crippen LogP contribution in [0.4, 0.5) is 5.13 Å². The smallest absolute Gasteiger partial charge is 0.356 e. The number of benzene rings is 2. The van der Waals surface area contributed by atoms with Crippen LogP contribution >= 0.6 is 71.0 Å². The number of nitrogen functional groups attached to an aromatic ring is 1. The highest BCUT2D eigenvalue weighted by Gasteiger charge is 2.55. The standard InChI is InChI=1S/C30H27N9O6S4.2ClH/c31-29-34-19(14-47-29)21(38-44-11-20(40)36-32)25(41)35-22-26(42)39-23(18(12-46-27(22)39)13-48-30-37-33-15-49-30)28(43)45-24(16-7-3-1-4-8-16)17-9-5-2-6-10-17;;/h1-10,14-15,22,24,27H,11-13,32H2,(H2,31,34)(H,35,41)(H,36,40);2*1H/t22?,27-;;/m0../s1. The third-order valence-electron chi connectivity index (χ3n) is 7.16. The van der Waals surface area contributed by atoms with Gasteiger partial charge in [-0.1, -0.05) is 88.9 Å². The molecule has 1 fully saturated rings. The zero-order valence-corrected chi connectivity index (χ0v) is 31.0. The maximum atomic E-state index is 14.2. The number of fused-ring (bicyclic) bond motifs is 1. The number of hydrogen-bond donors (Lipinski definition) is 4. The molecule has 0 aliphatic carbocycles. The molecule has 2 atom stereocenters. The lowest BCUT2D eigenvalue weighted by Gasteiger charge is -2.49. The van der Waals surface area contributed by atoms with Gasteiger partial charge in [-0.3, -0.25) is 24.7 Å². The fourth-order valence-corrected chi connectivity index (χ4v) is 8.43. The Hall–Kier alpha value is -4.24. The van der Waals surface area contributed by atoms with E-state index in [0.29, 0.717) is 21.4 Å². The topological polar surface area (TPSA) is 217 Å². The van der Waals surface area contributed by atoms with Crippen LogP contribution in [0, 0.1) is 0 Å². The summed E-state index contributed by atoms with van der Waals surface area (Å²) in [5.74, 6) is 3.14. The molecule has 51 heavy (non-hydrogen) atoms. The summed E-state index contributed by atoms with van der Waals surface area (Å²) in [5.41, 5.74) is 11.4. The molecule has 15 nitrogen and oxygen atoms in total. The first-order valence-corrected chi connectivity index (χ1v) is 18.2. The van der Waals surface area contributed by atoms with Crippen molar-refractivity contribution in [3.63, 3.8) is 0 Å². The highest BCUT2D eigenvalue weighted by molar-refractivity contribution is 8.01. The van der Waals surface area contributed by atoms with Gasteiger partial charge in [-0.25, -0.2) is 15.6 Å². The van der Waals surface area contributed by atoms with Crippen LogP contribution in [0.2, 0.25) is 0 Å². The monoisotopic (exact) mass is 809 g/mol. The number of hydrogen-bond acceptors (Lipinski definition) is 16. The van der Waals surface area contributed by atoms with Crippen molar-refractivity contribution in [3.05, 3.63) is 99.6 Å². The molecule has 2 aliphatic rings. The van der Waals surface area contributed by atoms with Gasteiger partial charge in [-0.05, 0) is 16.7 Å². The van der Waals surface area contributed by atoms with Crippen molar-refractivity contribution >= 4 is 106 Å². The number of thiazole rings is 1. The van der Waals surface area contributed by atoms with E-state index in [1.807, 2.05) is 66.1 Å². The Labute approximate surface area is 319 Å². The third-order valence-corrected chi connectivity index (χ3v) is 11.1. The molecule has 4 heterocycles. The Bertz CT molecular complexity index is 1860. The van der Waals surface area contributed by atoms with Crippen LogP contribution in [0.15, 0.2) is 92.3 Å².